The number of ether oxygens (including phenoxy) is 2. The van der Waals surface area contributed by atoms with Crippen LogP contribution >= 0.6 is 0 Å². The van der Waals surface area contributed by atoms with Crippen molar-refractivity contribution < 1.29 is 24.5 Å². The van der Waals surface area contributed by atoms with Gasteiger partial charge in [-0.25, -0.2) is 4.79 Å². The van der Waals surface area contributed by atoms with Gasteiger partial charge in [-0.15, -0.1) is 0 Å². The van der Waals surface area contributed by atoms with Crippen molar-refractivity contribution in [3.63, 3.8) is 0 Å². The molecule has 0 aliphatic rings. The Hall–Kier alpha value is -2.73. The highest BCUT2D eigenvalue weighted by molar-refractivity contribution is 5.76. The highest BCUT2D eigenvalue weighted by atomic mass is 16.5. The molecule has 3 N–H and O–H groups in total. The maximum absolute atomic E-state index is 11.1. The number of hydrogen-bond donors (Lipinski definition) is 3. The second kappa shape index (κ2) is 9.10. The number of hydrogen-bond acceptors (Lipinski definition) is 5. The Morgan fingerprint density at radius 1 is 1.12 bits per heavy atom. The molecule has 0 atom stereocenters. The molecule has 2 aromatic carbocycles. The molecule has 0 saturated carbocycles. The van der Waals surface area contributed by atoms with Gasteiger partial charge in [-0.3, -0.25) is 0 Å². The fourth-order valence-corrected chi connectivity index (χ4v) is 2.22. The summed E-state index contributed by atoms with van der Waals surface area (Å²) in [5, 5.41) is 21.7. The molecule has 0 aliphatic carbocycles. The van der Waals surface area contributed by atoms with Gasteiger partial charge in [0, 0.05) is 6.54 Å². The summed E-state index contributed by atoms with van der Waals surface area (Å²) in [6, 6.07) is 14.0. The van der Waals surface area contributed by atoms with Gasteiger partial charge in [0.15, 0.2) is 5.60 Å². The summed E-state index contributed by atoms with van der Waals surface area (Å²) in [6.07, 6.45) is 0.836. The van der Waals surface area contributed by atoms with Crippen LogP contribution in [0.3, 0.4) is 0 Å². The fourth-order valence-electron chi connectivity index (χ4n) is 2.22. The number of nitrogens with one attached hydrogen (secondary N) is 1. The van der Waals surface area contributed by atoms with Crippen molar-refractivity contribution in [3.05, 3.63) is 54.1 Å². The van der Waals surface area contributed by atoms with Crippen LogP contribution in [0.2, 0.25) is 0 Å². The summed E-state index contributed by atoms with van der Waals surface area (Å²) in [5.74, 6) is 0.479. The van der Waals surface area contributed by atoms with Crippen LogP contribution in [0.1, 0.15) is 25.8 Å². The largest absolute Gasteiger partial charge is 0.508 e. The quantitative estimate of drug-likeness (QED) is 0.565. The summed E-state index contributed by atoms with van der Waals surface area (Å²) in [5.41, 5.74) is -0.249. The van der Waals surface area contributed by atoms with Gasteiger partial charge in [0.2, 0.25) is 0 Å². The Balaban J connectivity index is 1.70. The molecule has 0 unspecified atom stereocenters. The predicted octanol–water partition coefficient (Wildman–Crippen LogP) is 3.19. The van der Waals surface area contributed by atoms with E-state index >= 15 is 0 Å². The van der Waals surface area contributed by atoms with Crippen LogP contribution in [0.15, 0.2) is 48.5 Å². The second-order valence-corrected chi connectivity index (χ2v) is 6.44. The van der Waals surface area contributed by atoms with Gasteiger partial charge in [0.25, 0.3) is 0 Å². The molecule has 2 rings (SSSR count). The highest BCUT2D eigenvalue weighted by Crippen LogP contribution is 2.20. The zero-order valence-electron chi connectivity index (χ0n) is 15.1. The SMILES string of the molecule is CC(C)(Oc1cccc(CNCCCOc2ccc(O)cc2)c1)C(=O)O. The number of aromatic hydroxyl groups is 1. The van der Waals surface area contributed by atoms with E-state index in [2.05, 4.69) is 5.32 Å². The van der Waals surface area contributed by atoms with Crippen molar-refractivity contribution >= 4 is 5.97 Å². The van der Waals surface area contributed by atoms with Gasteiger partial charge in [0.1, 0.15) is 17.2 Å². The average molecular weight is 359 g/mol. The molecule has 0 spiro atoms. The number of phenolic OH excluding ortho intramolecular Hbond substituents is 1. The molecule has 0 amide bonds. The van der Waals surface area contributed by atoms with Crippen LogP contribution in [0, 0.1) is 0 Å². The molecule has 0 aliphatic heterocycles. The van der Waals surface area contributed by atoms with Crippen LogP contribution in [-0.4, -0.2) is 34.9 Å². The molecular weight excluding hydrogens is 334 g/mol. The molecule has 0 fully saturated rings. The topological polar surface area (TPSA) is 88.0 Å². The fraction of sp³-hybridized carbons (Fsp3) is 0.350. The molecule has 0 aromatic heterocycles. The molecule has 0 radical (unpaired) electrons. The van der Waals surface area contributed by atoms with E-state index in [1.165, 1.54) is 13.8 Å². The molecule has 0 bridgehead atoms. The summed E-state index contributed by atoms with van der Waals surface area (Å²) < 4.78 is 11.1. The van der Waals surface area contributed by atoms with Crippen molar-refractivity contribution in [2.24, 2.45) is 0 Å². The summed E-state index contributed by atoms with van der Waals surface area (Å²) in [7, 11) is 0. The predicted molar refractivity (Wildman–Crippen MR) is 98.7 cm³/mol. The van der Waals surface area contributed by atoms with E-state index in [0.717, 1.165) is 24.3 Å². The second-order valence-electron chi connectivity index (χ2n) is 6.44. The third kappa shape index (κ3) is 6.29. The number of carbonyl (C=O) groups is 1. The maximum atomic E-state index is 11.1. The standard InChI is InChI=1S/C20H25NO5/c1-20(2,19(23)24)26-18-6-3-5-15(13-18)14-21-11-4-12-25-17-9-7-16(22)8-10-17/h3,5-10,13,21-22H,4,11-12,14H2,1-2H3,(H,23,24). The van der Waals surface area contributed by atoms with E-state index in [-0.39, 0.29) is 5.75 Å². The molecule has 26 heavy (non-hydrogen) atoms. The number of carboxylic acids is 1. The monoisotopic (exact) mass is 359 g/mol. The van der Waals surface area contributed by atoms with Crippen molar-refractivity contribution in [3.8, 4) is 17.2 Å². The Labute approximate surface area is 153 Å². The summed E-state index contributed by atoms with van der Waals surface area (Å²) in [6.45, 7) is 5.06. The minimum Gasteiger partial charge on any atom is -0.508 e. The first-order chi connectivity index (χ1) is 12.4. The first kappa shape index (κ1) is 19.6. The lowest BCUT2D eigenvalue weighted by atomic mass is 10.1. The molecule has 140 valence electrons. The van der Waals surface area contributed by atoms with Crippen LogP contribution in [0.5, 0.6) is 17.2 Å². The minimum absolute atomic E-state index is 0.219. The van der Waals surface area contributed by atoms with Crippen molar-refractivity contribution in [1.29, 1.82) is 0 Å². The van der Waals surface area contributed by atoms with E-state index in [4.69, 9.17) is 14.6 Å². The number of rotatable bonds is 10. The van der Waals surface area contributed by atoms with Crippen molar-refractivity contribution in [2.75, 3.05) is 13.2 Å². The van der Waals surface area contributed by atoms with Gasteiger partial charge in [-0.2, -0.15) is 0 Å². The Kier molecular flexibility index (Phi) is 6.86. The first-order valence-corrected chi connectivity index (χ1v) is 8.51. The summed E-state index contributed by atoms with van der Waals surface area (Å²) >= 11 is 0. The van der Waals surface area contributed by atoms with E-state index < -0.39 is 11.6 Å². The minimum atomic E-state index is -1.27. The van der Waals surface area contributed by atoms with Crippen LogP contribution < -0.4 is 14.8 Å². The van der Waals surface area contributed by atoms with Gasteiger partial charge in [-0.05, 0) is 68.8 Å². The van der Waals surface area contributed by atoms with Crippen molar-refractivity contribution in [1.82, 2.24) is 5.32 Å². The van der Waals surface area contributed by atoms with E-state index in [1.54, 1.807) is 30.3 Å². The lowest BCUT2D eigenvalue weighted by Crippen LogP contribution is -2.37. The molecule has 6 heteroatoms. The Morgan fingerprint density at radius 2 is 1.85 bits per heavy atom. The number of phenols is 1. The molecular formula is C20H25NO5. The van der Waals surface area contributed by atoms with Gasteiger partial charge < -0.3 is 25.0 Å². The van der Waals surface area contributed by atoms with Crippen LogP contribution in [-0.2, 0) is 11.3 Å². The van der Waals surface area contributed by atoms with Crippen LogP contribution in [0.25, 0.3) is 0 Å². The van der Waals surface area contributed by atoms with E-state index in [1.807, 2.05) is 18.2 Å². The molecule has 0 heterocycles. The zero-order chi connectivity index (χ0) is 19.0. The number of carboxylic acid groups (broad SMARTS) is 1. The molecule has 0 saturated heterocycles. The Morgan fingerprint density at radius 3 is 2.54 bits per heavy atom. The normalized spacial score (nSPS) is 11.2. The third-order valence-corrected chi connectivity index (χ3v) is 3.72. The lowest BCUT2D eigenvalue weighted by molar-refractivity contribution is -0.152. The van der Waals surface area contributed by atoms with Gasteiger partial charge in [0.05, 0.1) is 6.61 Å². The number of aliphatic carboxylic acids is 1. The first-order valence-electron chi connectivity index (χ1n) is 8.51. The van der Waals surface area contributed by atoms with Crippen LogP contribution in [0.4, 0.5) is 0 Å². The van der Waals surface area contributed by atoms with E-state index in [9.17, 15) is 9.90 Å². The highest BCUT2D eigenvalue weighted by Gasteiger charge is 2.29. The third-order valence-electron chi connectivity index (χ3n) is 3.72. The lowest BCUT2D eigenvalue weighted by Gasteiger charge is -2.21. The Bertz CT molecular complexity index is 712. The maximum Gasteiger partial charge on any atom is 0.347 e. The summed E-state index contributed by atoms with van der Waals surface area (Å²) in [4.78, 5) is 11.1. The van der Waals surface area contributed by atoms with E-state index in [0.29, 0.717) is 18.9 Å². The average Bonchev–Trinajstić information content (AvgIpc) is 2.59. The molecule has 6 nitrogen and oxygen atoms in total. The van der Waals surface area contributed by atoms with Gasteiger partial charge in [-0.1, -0.05) is 12.1 Å². The smallest absolute Gasteiger partial charge is 0.347 e. The number of benzene rings is 2. The zero-order valence-corrected chi connectivity index (χ0v) is 15.1. The van der Waals surface area contributed by atoms with Gasteiger partial charge >= 0.3 is 5.97 Å². The molecule has 2 aromatic rings. The van der Waals surface area contributed by atoms with Crippen molar-refractivity contribution in [2.45, 2.75) is 32.4 Å².